The van der Waals surface area contributed by atoms with Crippen LogP contribution in [-0.4, -0.2) is 37.3 Å². The summed E-state index contributed by atoms with van der Waals surface area (Å²) >= 11 is 0. The number of phenols is 1. The van der Waals surface area contributed by atoms with Crippen molar-refractivity contribution in [1.82, 2.24) is 19.7 Å². The molecular formula is C24H23N7O2. The standard InChI is InChI=1S/C24H23N7O2/c1-2-19(33)30(16-6-4-3-5-7-16)13-24(10-11-24)31-23-20(22(26)27-14-28-23)21(29-31)15-8-9-17(25)18(32)12-15/h2-9,12,14,32H,1,10-11,13,25H2,(H2,26,27,28). The van der Waals surface area contributed by atoms with Crippen LogP contribution in [0.1, 0.15) is 12.8 Å². The van der Waals surface area contributed by atoms with Gasteiger partial charge in [0.1, 0.15) is 23.6 Å². The van der Waals surface area contributed by atoms with Gasteiger partial charge in [-0.25, -0.2) is 14.6 Å². The maximum Gasteiger partial charge on any atom is 0.250 e. The maximum atomic E-state index is 12.8. The van der Waals surface area contributed by atoms with E-state index in [4.69, 9.17) is 16.6 Å². The quantitative estimate of drug-likeness (QED) is 0.238. The molecule has 0 radical (unpaired) electrons. The van der Waals surface area contributed by atoms with Gasteiger partial charge in [-0.2, -0.15) is 5.10 Å². The lowest BCUT2D eigenvalue weighted by molar-refractivity contribution is -0.114. The third-order valence-electron chi connectivity index (χ3n) is 6.04. The highest BCUT2D eigenvalue weighted by Gasteiger charge is 2.49. The number of aromatic hydroxyl groups is 1. The number of nitrogens with zero attached hydrogens (tertiary/aromatic N) is 5. The number of nitrogens with two attached hydrogens (primary N) is 2. The van der Waals surface area contributed by atoms with Crippen LogP contribution in [0.4, 0.5) is 17.2 Å². The van der Waals surface area contributed by atoms with Crippen LogP contribution in [-0.2, 0) is 10.3 Å². The molecule has 0 aliphatic heterocycles. The molecule has 0 saturated heterocycles. The SMILES string of the molecule is C=CC(=O)N(CC1(n2nc(-c3ccc(N)c(O)c3)c3c(N)ncnc32)CC1)c1ccccc1. The Hall–Kier alpha value is -4.40. The van der Waals surface area contributed by atoms with Crippen molar-refractivity contribution in [2.75, 3.05) is 22.9 Å². The summed E-state index contributed by atoms with van der Waals surface area (Å²) in [6, 6.07) is 14.4. The van der Waals surface area contributed by atoms with E-state index in [1.54, 1.807) is 23.1 Å². The van der Waals surface area contributed by atoms with Gasteiger partial charge in [0.15, 0.2) is 5.65 Å². The van der Waals surface area contributed by atoms with Crippen LogP contribution in [0, 0.1) is 0 Å². The Morgan fingerprint density at radius 1 is 1.18 bits per heavy atom. The molecular weight excluding hydrogens is 418 g/mol. The minimum absolute atomic E-state index is 0.0430. The summed E-state index contributed by atoms with van der Waals surface area (Å²) in [5, 5.41) is 15.6. The van der Waals surface area contributed by atoms with Crippen LogP contribution in [0.5, 0.6) is 5.75 Å². The Balaban J connectivity index is 1.64. The van der Waals surface area contributed by atoms with Crippen molar-refractivity contribution in [2.45, 2.75) is 18.4 Å². The second-order valence-corrected chi connectivity index (χ2v) is 8.18. The highest BCUT2D eigenvalue weighted by atomic mass is 16.3. The fraction of sp³-hybridized carbons (Fsp3) is 0.167. The molecule has 0 spiro atoms. The zero-order chi connectivity index (χ0) is 23.2. The normalized spacial score (nSPS) is 14.2. The third kappa shape index (κ3) is 3.43. The molecule has 2 aromatic heterocycles. The molecule has 4 aromatic rings. The largest absolute Gasteiger partial charge is 0.506 e. The number of phenolic OH excluding ortho intramolecular Hbond substituents is 1. The maximum absolute atomic E-state index is 12.8. The summed E-state index contributed by atoms with van der Waals surface area (Å²) in [6.07, 6.45) is 4.34. The van der Waals surface area contributed by atoms with E-state index in [0.29, 0.717) is 28.8 Å². The summed E-state index contributed by atoms with van der Waals surface area (Å²) in [4.78, 5) is 23.1. The van der Waals surface area contributed by atoms with E-state index >= 15 is 0 Å². The van der Waals surface area contributed by atoms with Crippen LogP contribution in [0.2, 0.25) is 0 Å². The predicted octanol–water partition coefficient (Wildman–Crippen LogP) is 3.07. The highest BCUT2D eigenvalue weighted by Crippen LogP contribution is 2.47. The molecule has 5 N–H and O–H groups in total. The number of anilines is 3. The molecule has 0 bridgehead atoms. The van der Waals surface area contributed by atoms with Gasteiger partial charge < -0.3 is 21.5 Å². The average Bonchev–Trinajstić information content (AvgIpc) is 3.50. The van der Waals surface area contributed by atoms with E-state index in [-0.39, 0.29) is 23.2 Å². The Morgan fingerprint density at radius 2 is 1.94 bits per heavy atom. The molecule has 33 heavy (non-hydrogen) atoms. The highest BCUT2D eigenvalue weighted by molar-refractivity contribution is 6.01. The first-order chi connectivity index (χ1) is 15.9. The monoisotopic (exact) mass is 441 g/mol. The van der Waals surface area contributed by atoms with Crippen molar-refractivity contribution in [3.63, 3.8) is 0 Å². The van der Waals surface area contributed by atoms with Crippen molar-refractivity contribution in [2.24, 2.45) is 0 Å². The first-order valence-electron chi connectivity index (χ1n) is 10.5. The number of fused-ring (bicyclic) bond motifs is 1. The van der Waals surface area contributed by atoms with Crippen LogP contribution in [0.3, 0.4) is 0 Å². The smallest absolute Gasteiger partial charge is 0.250 e. The van der Waals surface area contributed by atoms with Crippen LogP contribution in [0.25, 0.3) is 22.3 Å². The first kappa shape index (κ1) is 20.5. The van der Waals surface area contributed by atoms with E-state index in [1.807, 2.05) is 35.0 Å². The van der Waals surface area contributed by atoms with Crippen molar-refractivity contribution in [1.29, 1.82) is 0 Å². The number of hydrogen-bond acceptors (Lipinski definition) is 7. The molecule has 0 atom stereocenters. The number of rotatable bonds is 6. The van der Waals surface area contributed by atoms with Gasteiger partial charge in [-0.1, -0.05) is 30.8 Å². The van der Waals surface area contributed by atoms with Crippen molar-refractivity contribution >= 4 is 34.1 Å². The lowest BCUT2D eigenvalue weighted by Gasteiger charge is -2.27. The first-order valence-corrected chi connectivity index (χ1v) is 10.5. The second-order valence-electron chi connectivity index (χ2n) is 8.18. The minimum Gasteiger partial charge on any atom is -0.506 e. The Kier molecular flexibility index (Phi) is 4.74. The minimum atomic E-state index is -0.457. The lowest BCUT2D eigenvalue weighted by atomic mass is 10.1. The van der Waals surface area contributed by atoms with Gasteiger partial charge in [0.25, 0.3) is 0 Å². The van der Waals surface area contributed by atoms with Crippen molar-refractivity contribution in [3.05, 3.63) is 67.5 Å². The molecule has 1 aliphatic rings. The molecule has 2 heterocycles. The van der Waals surface area contributed by atoms with Gasteiger partial charge in [-0.3, -0.25) is 4.79 Å². The van der Waals surface area contributed by atoms with Crippen molar-refractivity contribution < 1.29 is 9.90 Å². The predicted molar refractivity (Wildman–Crippen MR) is 127 cm³/mol. The fourth-order valence-corrected chi connectivity index (χ4v) is 4.09. The van der Waals surface area contributed by atoms with E-state index in [0.717, 1.165) is 18.5 Å². The zero-order valence-electron chi connectivity index (χ0n) is 17.8. The summed E-state index contributed by atoms with van der Waals surface area (Å²) < 4.78 is 1.84. The number of hydrogen-bond donors (Lipinski definition) is 3. The van der Waals surface area contributed by atoms with Crippen LogP contribution in [0.15, 0.2) is 67.5 Å². The van der Waals surface area contributed by atoms with Gasteiger partial charge in [-0.15, -0.1) is 0 Å². The number of aromatic nitrogens is 4. The van der Waals surface area contributed by atoms with E-state index in [9.17, 15) is 9.90 Å². The number of carbonyl (C=O) groups excluding carboxylic acids is 1. The Bertz CT molecular complexity index is 1380. The van der Waals surface area contributed by atoms with Crippen LogP contribution >= 0.6 is 0 Å². The molecule has 1 amide bonds. The number of benzene rings is 2. The molecule has 5 rings (SSSR count). The van der Waals surface area contributed by atoms with Crippen molar-refractivity contribution in [3.8, 4) is 17.0 Å². The summed E-state index contributed by atoms with van der Waals surface area (Å²) in [5.41, 5.74) is 14.4. The average molecular weight is 441 g/mol. The number of para-hydroxylation sites is 1. The van der Waals surface area contributed by atoms with E-state index in [2.05, 4.69) is 16.5 Å². The molecule has 9 nitrogen and oxygen atoms in total. The second kappa shape index (κ2) is 7.63. The Labute approximate surface area is 190 Å². The molecule has 1 aliphatic carbocycles. The molecule has 9 heteroatoms. The van der Waals surface area contributed by atoms with Gasteiger partial charge in [0.2, 0.25) is 5.91 Å². The van der Waals surface area contributed by atoms with E-state index < -0.39 is 5.54 Å². The fourth-order valence-electron chi connectivity index (χ4n) is 4.09. The van der Waals surface area contributed by atoms with Crippen LogP contribution < -0.4 is 16.4 Å². The number of amides is 1. The van der Waals surface area contributed by atoms with Gasteiger partial charge >= 0.3 is 0 Å². The van der Waals surface area contributed by atoms with E-state index in [1.165, 1.54) is 12.4 Å². The topological polar surface area (TPSA) is 136 Å². The van der Waals surface area contributed by atoms with Gasteiger partial charge in [-0.05, 0) is 43.2 Å². The van der Waals surface area contributed by atoms with Gasteiger partial charge in [0, 0.05) is 11.3 Å². The summed E-state index contributed by atoms with van der Waals surface area (Å²) in [7, 11) is 0. The lowest BCUT2D eigenvalue weighted by Crippen LogP contribution is -2.39. The summed E-state index contributed by atoms with van der Waals surface area (Å²) in [5.74, 6) is 0.0517. The molecule has 2 aromatic carbocycles. The van der Waals surface area contributed by atoms with Gasteiger partial charge in [0.05, 0.1) is 23.2 Å². The number of carbonyl (C=O) groups is 1. The third-order valence-corrected chi connectivity index (χ3v) is 6.04. The Morgan fingerprint density at radius 3 is 2.61 bits per heavy atom. The molecule has 1 fully saturated rings. The zero-order valence-corrected chi connectivity index (χ0v) is 17.8. The molecule has 166 valence electrons. The molecule has 0 unspecified atom stereocenters. The number of nitrogen functional groups attached to an aromatic ring is 2. The summed E-state index contributed by atoms with van der Waals surface area (Å²) in [6.45, 7) is 4.06. The molecule has 1 saturated carbocycles.